The maximum absolute atomic E-state index is 13.5. The van der Waals surface area contributed by atoms with Crippen molar-refractivity contribution in [3.63, 3.8) is 0 Å². The number of hydrogen-bond acceptors (Lipinski definition) is 5. The van der Waals surface area contributed by atoms with Crippen molar-refractivity contribution < 1.29 is 27.8 Å². The Morgan fingerprint density at radius 2 is 1.76 bits per heavy atom. The molecule has 0 radical (unpaired) electrons. The first-order valence-corrected chi connectivity index (χ1v) is 17.6. The molecule has 4 fully saturated rings. The number of aliphatic hydroxyl groups is 2. The minimum absolute atomic E-state index is 0.0876. The summed E-state index contributed by atoms with van der Waals surface area (Å²) >= 11 is 0. The number of halogens is 1. The normalized spacial score (nSPS) is 42.1. The number of benzene rings is 1. The second kappa shape index (κ2) is 11.3. The molecular weight excluding hydrogens is 555 g/mol. The maximum atomic E-state index is 13.5. The lowest BCUT2D eigenvalue weighted by atomic mass is 9.36. The van der Waals surface area contributed by atoms with Gasteiger partial charge < -0.3 is 15.5 Å². The minimum atomic E-state index is -4.16. The Labute approximate surface area is 251 Å². The SMILES string of the molecule is CC[C@H]1[C@@H](O)[C@@]2(C)[C@@H]3CC[C@H]([C@H](C)CCNC(=O)NS(=O)(=O)c4cccc(F)c4)[C@@]3(C)CC[C@@H]2[C@@]2(C)CC[C@@H](O)C[C@@H]12. The standard InChI is InChI=1S/C33H51FN2O5S/c1-6-24-26-19-22(37)12-15-32(26,4)28-13-16-31(3)25(10-11-27(31)33(28,5)29(24)38)20(2)14-17-35-30(39)36-42(40,41)23-9-7-8-21(34)18-23/h7-9,18,20,22,24-29,37-38H,6,10-17,19H2,1-5H3,(H2,35,36,39)/t20-,22-,24-,25-,26+,27-,28-,29-,31-,32+,33+/m1/s1. The van der Waals surface area contributed by atoms with Gasteiger partial charge in [-0.25, -0.2) is 22.3 Å². The van der Waals surface area contributed by atoms with E-state index in [4.69, 9.17) is 0 Å². The number of urea groups is 1. The second-order valence-corrected chi connectivity index (χ2v) is 16.5. The summed E-state index contributed by atoms with van der Waals surface area (Å²) in [6.07, 6.45) is 8.14. The van der Waals surface area contributed by atoms with Crippen LogP contribution >= 0.6 is 0 Å². The first-order valence-electron chi connectivity index (χ1n) is 16.1. The van der Waals surface area contributed by atoms with Gasteiger partial charge in [0, 0.05) is 12.0 Å². The number of fused-ring (bicyclic) bond motifs is 5. The van der Waals surface area contributed by atoms with E-state index >= 15 is 0 Å². The molecule has 0 bridgehead atoms. The average Bonchev–Trinajstić information content (AvgIpc) is 3.28. The number of amides is 2. The number of hydrogen-bond donors (Lipinski definition) is 4. The average molecular weight is 607 g/mol. The molecule has 1 aromatic carbocycles. The number of aliphatic hydroxyl groups excluding tert-OH is 2. The summed E-state index contributed by atoms with van der Waals surface area (Å²) in [5.74, 6) is 1.51. The largest absolute Gasteiger partial charge is 0.393 e. The van der Waals surface area contributed by atoms with Gasteiger partial charge in [-0.2, -0.15) is 0 Å². The monoisotopic (exact) mass is 606 g/mol. The van der Waals surface area contributed by atoms with Crippen LogP contribution in [0.3, 0.4) is 0 Å². The molecule has 1 aromatic rings. The Morgan fingerprint density at radius 1 is 1.07 bits per heavy atom. The van der Waals surface area contributed by atoms with E-state index in [1.54, 1.807) is 0 Å². The van der Waals surface area contributed by atoms with Gasteiger partial charge in [-0.1, -0.05) is 47.1 Å². The summed E-state index contributed by atoms with van der Waals surface area (Å²) in [6.45, 7) is 12.1. The van der Waals surface area contributed by atoms with Crippen LogP contribution in [0, 0.1) is 57.6 Å². The highest BCUT2D eigenvalue weighted by Gasteiger charge is 2.69. The van der Waals surface area contributed by atoms with Gasteiger partial charge in [0.05, 0.1) is 17.1 Å². The summed E-state index contributed by atoms with van der Waals surface area (Å²) in [4.78, 5) is 12.1. The number of sulfonamides is 1. The number of carbonyl (C=O) groups is 1. The molecule has 5 rings (SSSR count). The molecule has 2 amide bonds. The topological polar surface area (TPSA) is 116 Å². The number of carbonyl (C=O) groups excluding carboxylic acids is 1. The molecule has 4 aliphatic rings. The zero-order valence-corrected chi connectivity index (χ0v) is 26.7. The molecule has 11 atom stereocenters. The van der Waals surface area contributed by atoms with E-state index in [1.807, 2.05) is 4.72 Å². The fourth-order valence-electron chi connectivity index (χ4n) is 11.1. The smallest absolute Gasteiger partial charge is 0.328 e. The molecule has 0 aromatic heterocycles. The van der Waals surface area contributed by atoms with Crippen molar-refractivity contribution in [3.8, 4) is 0 Å². The van der Waals surface area contributed by atoms with Crippen LogP contribution in [0.2, 0.25) is 0 Å². The molecule has 0 aliphatic heterocycles. The van der Waals surface area contributed by atoms with E-state index in [2.05, 4.69) is 39.9 Å². The molecule has 0 spiro atoms. The highest BCUT2D eigenvalue weighted by molar-refractivity contribution is 7.90. The van der Waals surface area contributed by atoms with Crippen LogP contribution in [0.4, 0.5) is 9.18 Å². The summed E-state index contributed by atoms with van der Waals surface area (Å²) in [5.41, 5.74) is 0.0610. The molecule has 7 nitrogen and oxygen atoms in total. The Hall–Kier alpha value is -1.71. The van der Waals surface area contributed by atoms with Crippen molar-refractivity contribution in [1.82, 2.24) is 10.0 Å². The van der Waals surface area contributed by atoms with Crippen LogP contribution in [-0.4, -0.2) is 43.4 Å². The second-order valence-electron chi connectivity index (χ2n) is 14.8. The quantitative estimate of drug-likeness (QED) is 0.311. The molecular formula is C33H51FN2O5S. The summed E-state index contributed by atoms with van der Waals surface area (Å²) in [5, 5.41) is 25.4. The third-order valence-electron chi connectivity index (χ3n) is 13.0. The van der Waals surface area contributed by atoms with Crippen LogP contribution < -0.4 is 10.0 Å². The van der Waals surface area contributed by atoms with E-state index in [-0.39, 0.29) is 39.3 Å². The van der Waals surface area contributed by atoms with Crippen LogP contribution in [0.15, 0.2) is 29.2 Å². The Morgan fingerprint density at radius 3 is 2.45 bits per heavy atom. The van der Waals surface area contributed by atoms with Crippen LogP contribution in [0.5, 0.6) is 0 Å². The lowest BCUT2D eigenvalue weighted by Gasteiger charge is -2.69. The van der Waals surface area contributed by atoms with E-state index in [9.17, 15) is 27.8 Å². The van der Waals surface area contributed by atoms with Gasteiger partial charge in [0.25, 0.3) is 10.0 Å². The molecule has 0 saturated heterocycles. The Bertz CT molecular complexity index is 1280. The zero-order chi connectivity index (χ0) is 30.7. The van der Waals surface area contributed by atoms with Crippen LogP contribution in [0.1, 0.15) is 92.4 Å². The van der Waals surface area contributed by atoms with E-state index in [0.717, 1.165) is 69.9 Å². The number of rotatable bonds is 7. The number of nitrogens with one attached hydrogen (secondary N) is 2. The lowest BCUT2D eigenvalue weighted by molar-refractivity contribution is -0.250. The molecule has 0 heterocycles. The van der Waals surface area contributed by atoms with Crippen molar-refractivity contribution in [1.29, 1.82) is 0 Å². The minimum Gasteiger partial charge on any atom is -0.393 e. The summed E-state index contributed by atoms with van der Waals surface area (Å²) in [6, 6.07) is 3.76. The van der Waals surface area contributed by atoms with Crippen molar-refractivity contribution in [2.24, 2.45) is 51.8 Å². The third kappa shape index (κ3) is 5.09. The van der Waals surface area contributed by atoms with Gasteiger partial charge in [-0.15, -0.1) is 0 Å². The summed E-state index contributed by atoms with van der Waals surface area (Å²) in [7, 11) is -4.16. The first kappa shape index (κ1) is 31.7. The van der Waals surface area contributed by atoms with Crippen LogP contribution in [-0.2, 0) is 10.0 Å². The van der Waals surface area contributed by atoms with E-state index in [0.29, 0.717) is 36.1 Å². The Balaban J connectivity index is 1.25. The first-order chi connectivity index (χ1) is 19.7. The summed E-state index contributed by atoms with van der Waals surface area (Å²) < 4.78 is 40.4. The van der Waals surface area contributed by atoms with E-state index < -0.39 is 21.9 Å². The van der Waals surface area contributed by atoms with Crippen LogP contribution in [0.25, 0.3) is 0 Å². The van der Waals surface area contributed by atoms with Gasteiger partial charge >= 0.3 is 6.03 Å². The molecule has 236 valence electrons. The molecule has 42 heavy (non-hydrogen) atoms. The van der Waals surface area contributed by atoms with Crippen molar-refractivity contribution >= 4 is 16.1 Å². The van der Waals surface area contributed by atoms with Gasteiger partial charge in [0.2, 0.25) is 0 Å². The maximum Gasteiger partial charge on any atom is 0.328 e. The van der Waals surface area contributed by atoms with Crippen molar-refractivity contribution in [3.05, 3.63) is 30.1 Å². The predicted molar refractivity (Wildman–Crippen MR) is 160 cm³/mol. The van der Waals surface area contributed by atoms with Crippen molar-refractivity contribution in [2.75, 3.05) is 6.54 Å². The fourth-order valence-corrected chi connectivity index (χ4v) is 12.1. The fraction of sp³-hybridized carbons (Fsp3) is 0.788. The van der Waals surface area contributed by atoms with Gasteiger partial charge in [-0.3, -0.25) is 0 Å². The van der Waals surface area contributed by atoms with Gasteiger partial charge in [0.15, 0.2) is 0 Å². The van der Waals surface area contributed by atoms with Crippen molar-refractivity contribution in [2.45, 2.75) is 110 Å². The molecule has 9 heteroatoms. The molecule has 4 aliphatic carbocycles. The highest BCUT2D eigenvalue weighted by Crippen LogP contribution is 2.74. The predicted octanol–water partition coefficient (Wildman–Crippen LogP) is 5.86. The zero-order valence-electron chi connectivity index (χ0n) is 25.9. The highest BCUT2D eigenvalue weighted by atomic mass is 32.2. The van der Waals surface area contributed by atoms with Gasteiger partial charge in [-0.05, 0) is 116 Å². The lowest BCUT2D eigenvalue weighted by Crippen LogP contribution is -2.67. The van der Waals surface area contributed by atoms with Gasteiger partial charge in [0.1, 0.15) is 5.82 Å². The third-order valence-corrected chi connectivity index (χ3v) is 14.3. The molecule has 0 unspecified atom stereocenters. The molecule has 4 saturated carbocycles. The molecule has 4 N–H and O–H groups in total. The van der Waals surface area contributed by atoms with E-state index in [1.165, 1.54) is 12.1 Å². The Kier molecular flexibility index (Phi) is 8.56.